The number of hydrogen-bond donors (Lipinski definition) is 2. The standard InChI is InChI=1S/C6HCl5O.C5H5NO/c7-1-2(8)4(10)6(12)5(11)3(1)9;7-5-3-1-2-4-6-5/h12H;1-4H,(H,6,7). The van der Waals surface area contributed by atoms with Gasteiger partial charge in [-0.25, -0.2) is 0 Å². The van der Waals surface area contributed by atoms with Crippen molar-refractivity contribution in [3.63, 3.8) is 0 Å². The number of phenolic OH excluding ortho intramolecular Hbond substituents is 1. The van der Waals surface area contributed by atoms with Crippen LogP contribution in [0.25, 0.3) is 0 Å². The van der Waals surface area contributed by atoms with Crippen LogP contribution in [0.4, 0.5) is 0 Å². The fourth-order valence-electron chi connectivity index (χ4n) is 0.970. The summed E-state index contributed by atoms with van der Waals surface area (Å²) in [5, 5.41) is 9.01. The SMILES string of the molecule is O=c1cccc[nH]1.Oc1c(Cl)c(Cl)c(Cl)c(Cl)c1Cl. The van der Waals surface area contributed by atoms with E-state index < -0.39 is 0 Å². The van der Waals surface area contributed by atoms with E-state index in [1.807, 2.05) is 0 Å². The fourth-order valence-corrected chi connectivity index (χ4v) is 2.10. The van der Waals surface area contributed by atoms with Gasteiger partial charge in [0.05, 0.1) is 15.1 Å². The lowest BCUT2D eigenvalue weighted by atomic mass is 10.3. The number of benzene rings is 1. The molecule has 1 aromatic carbocycles. The number of phenols is 1. The molecule has 0 saturated heterocycles. The second-order valence-electron chi connectivity index (χ2n) is 3.15. The van der Waals surface area contributed by atoms with Crippen LogP contribution in [0.3, 0.4) is 0 Å². The van der Waals surface area contributed by atoms with Gasteiger partial charge in [0.15, 0.2) is 5.75 Å². The summed E-state index contributed by atoms with van der Waals surface area (Å²) >= 11 is 27.9. The normalized spacial score (nSPS) is 9.74. The fraction of sp³-hybridized carbons (Fsp3) is 0. The molecule has 102 valence electrons. The predicted molar refractivity (Wildman–Crippen MR) is 80.2 cm³/mol. The van der Waals surface area contributed by atoms with E-state index in [1.54, 1.807) is 18.3 Å². The molecule has 0 aliphatic rings. The molecule has 0 spiro atoms. The zero-order valence-corrected chi connectivity index (χ0v) is 12.8. The van der Waals surface area contributed by atoms with Gasteiger partial charge in [0.1, 0.15) is 10.0 Å². The first-order valence-electron chi connectivity index (χ1n) is 4.70. The summed E-state index contributed by atoms with van der Waals surface area (Å²) in [6.45, 7) is 0. The topological polar surface area (TPSA) is 53.1 Å². The van der Waals surface area contributed by atoms with Gasteiger partial charge < -0.3 is 10.1 Å². The van der Waals surface area contributed by atoms with Crippen molar-refractivity contribution in [2.24, 2.45) is 0 Å². The smallest absolute Gasteiger partial charge is 0.247 e. The number of aromatic hydroxyl groups is 1. The lowest BCUT2D eigenvalue weighted by Crippen LogP contribution is -1.98. The highest BCUT2D eigenvalue weighted by Crippen LogP contribution is 2.47. The minimum absolute atomic E-state index is 0.00904. The monoisotopic (exact) mass is 359 g/mol. The number of pyridine rings is 1. The molecule has 0 bridgehead atoms. The minimum Gasteiger partial charge on any atom is -0.505 e. The van der Waals surface area contributed by atoms with Gasteiger partial charge in [0, 0.05) is 12.3 Å². The summed E-state index contributed by atoms with van der Waals surface area (Å²) in [5.74, 6) is -0.363. The molecule has 0 atom stereocenters. The molecule has 19 heavy (non-hydrogen) atoms. The van der Waals surface area contributed by atoms with Gasteiger partial charge in [-0.3, -0.25) is 4.79 Å². The van der Waals surface area contributed by atoms with Crippen molar-refractivity contribution in [3.8, 4) is 5.75 Å². The van der Waals surface area contributed by atoms with Gasteiger partial charge in [-0.05, 0) is 6.07 Å². The zero-order valence-electron chi connectivity index (χ0n) is 9.05. The quantitative estimate of drug-likeness (QED) is 0.510. The summed E-state index contributed by atoms with van der Waals surface area (Å²) in [5.41, 5.74) is -0.0532. The van der Waals surface area contributed by atoms with Gasteiger partial charge in [0.25, 0.3) is 0 Å². The summed E-state index contributed by atoms with van der Waals surface area (Å²) in [7, 11) is 0. The lowest BCUT2D eigenvalue weighted by Gasteiger charge is -2.06. The summed E-state index contributed by atoms with van der Waals surface area (Å²) in [4.78, 5) is 12.7. The van der Waals surface area contributed by atoms with Crippen LogP contribution in [0.2, 0.25) is 25.1 Å². The number of halogens is 5. The highest BCUT2D eigenvalue weighted by molar-refractivity contribution is 6.55. The number of rotatable bonds is 0. The number of H-pyrrole nitrogens is 1. The van der Waals surface area contributed by atoms with Gasteiger partial charge in [-0.15, -0.1) is 0 Å². The predicted octanol–water partition coefficient (Wildman–Crippen LogP) is 5.03. The molecule has 0 fully saturated rings. The summed E-state index contributed by atoms with van der Waals surface area (Å²) in [6, 6.07) is 4.93. The number of aromatic nitrogens is 1. The van der Waals surface area contributed by atoms with E-state index in [9.17, 15) is 9.90 Å². The van der Waals surface area contributed by atoms with Gasteiger partial charge in [-0.1, -0.05) is 64.1 Å². The molecular weight excluding hydrogens is 355 g/mol. The second kappa shape index (κ2) is 7.27. The number of nitrogens with one attached hydrogen (secondary N) is 1. The molecule has 2 N–H and O–H groups in total. The second-order valence-corrected chi connectivity index (χ2v) is 5.04. The Balaban J connectivity index is 0.000000218. The third kappa shape index (κ3) is 4.20. The van der Waals surface area contributed by atoms with Crippen LogP contribution in [-0.2, 0) is 0 Å². The van der Waals surface area contributed by atoms with Crippen molar-refractivity contribution in [1.82, 2.24) is 4.98 Å². The number of aromatic amines is 1. The molecule has 1 heterocycles. The van der Waals surface area contributed by atoms with E-state index in [1.165, 1.54) is 6.07 Å². The molecule has 2 aromatic rings. The molecule has 0 aliphatic carbocycles. The minimum atomic E-state index is -0.363. The van der Waals surface area contributed by atoms with E-state index in [0.29, 0.717) is 0 Å². The van der Waals surface area contributed by atoms with Crippen LogP contribution >= 0.6 is 58.0 Å². The molecule has 0 amide bonds. The van der Waals surface area contributed by atoms with Crippen LogP contribution in [0.15, 0.2) is 29.2 Å². The Morgan fingerprint density at radius 1 is 0.842 bits per heavy atom. The zero-order chi connectivity index (χ0) is 14.6. The van der Waals surface area contributed by atoms with E-state index in [4.69, 9.17) is 58.0 Å². The Kier molecular flexibility index (Phi) is 6.30. The van der Waals surface area contributed by atoms with Crippen molar-refractivity contribution in [2.45, 2.75) is 0 Å². The largest absolute Gasteiger partial charge is 0.505 e. The van der Waals surface area contributed by atoms with Crippen LogP contribution in [0.5, 0.6) is 5.75 Å². The third-order valence-corrected chi connectivity index (χ3v) is 4.12. The lowest BCUT2D eigenvalue weighted by molar-refractivity contribution is 0.476. The first kappa shape index (κ1) is 16.5. The molecule has 1 aromatic heterocycles. The first-order valence-corrected chi connectivity index (χ1v) is 6.59. The highest BCUT2D eigenvalue weighted by atomic mass is 35.5. The van der Waals surface area contributed by atoms with E-state index in [0.717, 1.165) is 0 Å². The van der Waals surface area contributed by atoms with Crippen molar-refractivity contribution in [1.29, 1.82) is 0 Å². The Hall–Kier alpha value is -0.580. The van der Waals surface area contributed by atoms with Gasteiger partial charge >= 0.3 is 0 Å². The van der Waals surface area contributed by atoms with Crippen LogP contribution in [0, 0.1) is 0 Å². The van der Waals surface area contributed by atoms with Gasteiger partial charge in [-0.2, -0.15) is 0 Å². The van der Waals surface area contributed by atoms with E-state index in [-0.39, 0.29) is 36.4 Å². The Labute approximate surface area is 133 Å². The average molecular weight is 361 g/mol. The third-order valence-electron chi connectivity index (χ3n) is 1.87. The van der Waals surface area contributed by atoms with Crippen LogP contribution in [-0.4, -0.2) is 10.1 Å². The molecular formula is C11H6Cl5NO2. The molecule has 3 nitrogen and oxygen atoms in total. The molecule has 0 unspecified atom stereocenters. The average Bonchev–Trinajstić information content (AvgIpc) is 2.42. The maximum atomic E-state index is 10.2. The van der Waals surface area contributed by atoms with Crippen molar-refractivity contribution in [2.75, 3.05) is 0 Å². The van der Waals surface area contributed by atoms with Crippen molar-refractivity contribution >= 4 is 58.0 Å². The Morgan fingerprint density at radius 2 is 1.32 bits per heavy atom. The van der Waals surface area contributed by atoms with Crippen molar-refractivity contribution in [3.05, 3.63) is 59.9 Å². The summed E-state index contributed by atoms with van der Waals surface area (Å²) < 4.78 is 0. The Morgan fingerprint density at radius 3 is 1.63 bits per heavy atom. The first-order chi connectivity index (χ1) is 8.86. The molecule has 8 heteroatoms. The van der Waals surface area contributed by atoms with Crippen LogP contribution in [0.1, 0.15) is 0 Å². The Bertz CT molecular complexity index is 519. The maximum Gasteiger partial charge on any atom is 0.247 e. The highest BCUT2D eigenvalue weighted by Gasteiger charge is 2.18. The maximum absolute atomic E-state index is 10.2. The molecule has 0 radical (unpaired) electrons. The number of hydrogen-bond acceptors (Lipinski definition) is 2. The van der Waals surface area contributed by atoms with E-state index >= 15 is 0 Å². The molecule has 2 rings (SSSR count). The van der Waals surface area contributed by atoms with Crippen LogP contribution < -0.4 is 5.56 Å². The summed E-state index contributed by atoms with van der Waals surface area (Å²) in [6.07, 6.45) is 1.60. The van der Waals surface area contributed by atoms with Gasteiger partial charge in [0.2, 0.25) is 5.56 Å². The van der Waals surface area contributed by atoms with E-state index in [2.05, 4.69) is 4.98 Å². The van der Waals surface area contributed by atoms with Crippen molar-refractivity contribution < 1.29 is 5.11 Å². The molecule has 0 aliphatic heterocycles. The molecule has 0 saturated carbocycles.